The van der Waals surface area contributed by atoms with E-state index in [1.54, 1.807) is 36.1 Å². The third-order valence-corrected chi connectivity index (χ3v) is 4.39. The van der Waals surface area contributed by atoms with Gasteiger partial charge in [-0.05, 0) is 43.3 Å². The van der Waals surface area contributed by atoms with Crippen LogP contribution >= 0.6 is 11.6 Å². The molecule has 1 aliphatic heterocycles. The van der Waals surface area contributed by atoms with Crippen molar-refractivity contribution < 1.29 is 19.1 Å². The lowest BCUT2D eigenvalue weighted by molar-refractivity contribution is -0.125. The molecule has 1 unspecified atom stereocenters. The highest BCUT2D eigenvalue weighted by atomic mass is 35.5. The standard InChI is InChI=1S/C20H21ClN2O4/c1-14-20(25)23(17-4-2-3-5-18(17)27-14)12-10-19(24)22-11-13-26-16-8-6-15(21)7-9-16/h2-9,14H,10-13H2,1H3,(H,22,24). The second-order valence-electron chi connectivity index (χ2n) is 6.12. The van der Waals surface area contributed by atoms with Crippen molar-refractivity contribution in [2.45, 2.75) is 19.4 Å². The maximum atomic E-state index is 12.4. The van der Waals surface area contributed by atoms with Crippen LogP contribution < -0.4 is 19.7 Å². The summed E-state index contributed by atoms with van der Waals surface area (Å²) >= 11 is 5.82. The smallest absolute Gasteiger partial charge is 0.267 e. The first-order valence-electron chi connectivity index (χ1n) is 8.77. The van der Waals surface area contributed by atoms with E-state index in [0.29, 0.717) is 41.9 Å². The van der Waals surface area contributed by atoms with Crippen LogP contribution in [0.2, 0.25) is 5.02 Å². The molecule has 2 aromatic carbocycles. The number of amides is 2. The Morgan fingerprint density at radius 1 is 1.22 bits per heavy atom. The molecule has 3 rings (SSSR count). The number of anilines is 1. The highest BCUT2D eigenvalue weighted by Crippen LogP contribution is 2.33. The molecule has 0 spiro atoms. The molecule has 6 nitrogen and oxygen atoms in total. The molecule has 0 saturated carbocycles. The summed E-state index contributed by atoms with van der Waals surface area (Å²) in [6.45, 7) is 2.74. The highest BCUT2D eigenvalue weighted by Gasteiger charge is 2.31. The number of nitrogens with one attached hydrogen (secondary N) is 1. The third-order valence-electron chi connectivity index (χ3n) is 4.14. The summed E-state index contributed by atoms with van der Waals surface area (Å²) in [5.74, 6) is 1.06. The average molecular weight is 389 g/mol. The number of benzene rings is 2. The molecule has 0 radical (unpaired) electrons. The fourth-order valence-electron chi connectivity index (χ4n) is 2.78. The SMILES string of the molecule is CC1Oc2ccccc2N(CCC(=O)NCCOc2ccc(Cl)cc2)C1=O. The van der Waals surface area contributed by atoms with Crippen molar-refractivity contribution in [3.05, 3.63) is 53.6 Å². The lowest BCUT2D eigenvalue weighted by Gasteiger charge is -2.32. The van der Waals surface area contributed by atoms with Crippen LogP contribution in [0.3, 0.4) is 0 Å². The minimum Gasteiger partial charge on any atom is -0.492 e. The molecule has 2 amide bonds. The van der Waals surface area contributed by atoms with E-state index >= 15 is 0 Å². The molecule has 1 N–H and O–H groups in total. The van der Waals surface area contributed by atoms with Crippen LogP contribution in [0, 0.1) is 0 Å². The van der Waals surface area contributed by atoms with Gasteiger partial charge >= 0.3 is 0 Å². The normalized spacial score (nSPS) is 15.7. The monoisotopic (exact) mass is 388 g/mol. The molecule has 0 saturated heterocycles. The van der Waals surface area contributed by atoms with E-state index in [-0.39, 0.29) is 18.2 Å². The number of hydrogen-bond donors (Lipinski definition) is 1. The van der Waals surface area contributed by atoms with Gasteiger partial charge in [-0.25, -0.2) is 0 Å². The molecule has 0 aromatic heterocycles. The van der Waals surface area contributed by atoms with Crippen LogP contribution in [0.15, 0.2) is 48.5 Å². The van der Waals surface area contributed by atoms with Gasteiger partial charge in [-0.2, -0.15) is 0 Å². The zero-order valence-corrected chi connectivity index (χ0v) is 15.7. The van der Waals surface area contributed by atoms with E-state index < -0.39 is 6.10 Å². The van der Waals surface area contributed by atoms with Gasteiger partial charge in [-0.15, -0.1) is 0 Å². The molecule has 1 atom stereocenters. The van der Waals surface area contributed by atoms with Crippen molar-refractivity contribution in [3.63, 3.8) is 0 Å². The Labute approximate surface area is 163 Å². The Kier molecular flexibility index (Phi) is 6.19. The third kappa shape index (κ3) is 4.92. The molecule has 7 heteroatoms. The molecule has 2 aromatic rings. The second-order valence-corrected chi connectivity index (χ2v) is 6.56. The average Bonchev–Trinajstić information content (AvgIpc) is 2.67. The molecular formula is C20H21ClN2O4. The Morgan fingerprint density at radius 3 is 2.74 bits per heavy atom. The first-order chi connectivity index (χ1) is 13.0. The minimum absolute atomic E-state index is 0.140. The maximum absolute atomic E-state index is 12.4. The number of fused-ring (bicyclic) bond motifs is 1. The number of ether oxygens (including phenoxy) is 2. The van der Waals surface area contributed by atoms with Gasteiger partial charge in [0.25, 0.3) is 5.91 Å². The predicted octanol–water partition coefficient (Wildman–Crippen LogP) is 3.04. The molecule has 0 bridgehead atoms. The van der Waals surface area contributed by atoms with E-state index in [0.717, 1.165) is 0 Å². The molecule has 27 heavy (non-hydrogen) atoms. The number of nitrogens with zero attached hydrogens (tertiary/aromatic N) is 1. The van der Waals surface area contributed by atoms with Crippen LogP contribution in [0.5, 0.6) is 11.5 Å². The minimum atomic E-state index is -0.560. The van der Waals surface area contributed by atoms with Gasteiger partial charge in [0.05, 0.1) is 12.2 Å². The van der Waals surface area contributed by atoms with E-state index in [1.807, 2.05) is 24.3 Å². The van der Waals surface area contributed by atoms with Gasteiger partial charge in [0, 0.05) is 18.0 Å². The number of para-hydroxylation sites is 2. The van der Waals surface area contributed by atoms with Crippen molar-refractivity contribution in [3.8, 4) is 11.5 Å². The number of carbonyl (C=O) groups is 2. The van der Waals surface area contributed by atoms with Gasteiger partial charge in [-0.1, -0.05) is 23.7 Å². The summed E-state index contributed by atoms with van der Waals surface area (Å²) in [6.07, 6.45) is -0.357. The van der Waals surface area contributed by atoms with Crippen molar-refractivity contribution >= 4 is 29.1 Å². The van der Waals surface area contributed by atoms with Crippen LogP contribution in [-0.4, -0.2) is 37.6 Å². The van der Waals surface area contributed by atoms with Gasteiger partial charge in [0.1, 0.15) is 18.1 Å². The lowest BCUT2D eigenvalue weighted by Crippen LogP contribution is -2.45. The van der Waals surface area contributed by atoms with Gasteiger partial charge in [0.2, 0.25) is 5.91 Å². The van der Waals surface area contributed by atoms with E-state index in [4.69, 9.17) is 21.1 Å². The Bertz CT molecular complexity index is 810. The Balaban J connectivity index is 1.45. The first kappa shape index (κ1) is 19.0. The van der Waals surface area contributed by atoms with Gasteiger partial charge in [0.15, 0.2) is 6.10 Å². The molecule has 1 aliphatic rings. The fraction of sp³-hybridized carbons (Fsp3) is 0.300. The summed E-state index contributed by atoms with van der Waals surface area (Å²) in [6, 6.07) is 14.4. The van der Waals surface area contributed by atoms with Crippen molar-refractivity contribution in [1.82, 2.24) is 5.32 Å². The Hall–Kier alpha value is -2.73. The molecule has 0 fully saturated rings. The maximum Gasteiger partial charge on any atom is 0.267 e. The number of carbonyl (C=O) groups excluding carboxylic acids is 2. The largest absolute Gasteiger partial charge is 0.492 e. The number of halogens is 1. The molecule has 1 heterocycles. The topological polar surface area (TPSA) is 67.9 Å². The van der Waals surface area contributed by atoms with Crippen molar-refractivity contribution in [2.75, 3.05) is 24.6 Å². The van der Waals surface area contributed by atoms with Crippen LogP contribution in [0.25, 0.3) is 0 Å². The summed E-state index contributed by atoms with van der Waals surface area (Å²) in [7, 11) is 0. The van der Waals surface area contributed by atoms with Gasteiger partial charge in [-0.3, -0.25) is 9.59 Å². The van der Waals surface area contributed by atoms with Crippen molar-refractivity contribution in [2.24, 2.45) is 0 Å². The van der Waals surface area contributed by atoms with Crippen LogP contribution in [0.1, 0.15) is 13.3 Å². The lowest BCUT2D eigenvalue weighted by atomic mass is 10.1. The van der Waals surface area contributed by atoms with Crippen molar-refractivity contribution in [1.29, 1.82) is 0 Å². The van der Waals surface area contributed by atoms with Crippen LogP contribution in [0.4, 0.5) is 5.69 Å². The van der Waals surface area contributed by atoms with Gasteiger partial charge < -0.3 is 19.7 Å². The number of rotatable bonds is 7. The van der Waals surface area contributed by atoms with E-state index in [2.05, 4.69) is 5.32 Å². The van der Waals surface area contributed by atoms with E-state index in [1.165, 1.54) is 0 Å². The summed E-state index contributed by atoms with van der Waals surface area (Å²) in [4.78, 5) is 26.1. The number of hydrogen-bond acceptors (Lipinski definition) is 4. The molecule has 0 aliphatic carbocycles. The fourth-order valence-corrected chi connectivity index (χ4v) is 2.91. The summed E-state index contributed by atoms with van der Waals surface area (Å²) in [5, 5.41) is 3.44. The molecular weight excluding hydrogens is 368 g/mol. The highest BCUT2D eigenvalue weighted by molar-refractivity contribution is 6.30. The second kappa shape index (κ2) is 8.77. The first-order valence-corrected chi connectivity index (χ1v) is 9.14. The molecule has 142 valence electrons. The van der Waals surface area contributed by atoms with Crippen LogP contribution in [-0.2, 0) is 9.59 Å². The Morgan fingerprint density at radius 2 is 1.96 bits per heavy atom. The predicted molar refractivity (Wildman–Crippen MR) is 103 cm³/mol. The summed E-state index contributed by atoms with van der Waals surface area (Å²) < 4.78 is 11.1. The summed E-state index contributed by atoms with van der Waals surface area (Å²) in [5.41, 5.74) is 0.694. The quantitative estimate of drug-likeness (QED) is 0.740. The zero-order valence-electron chi connectivity index (χ0n) is 15.0. The van der Waals surface area contributed by atoms with E-state index in [9.17, 15) is 9.59 Å². The zero-order chi connectivity index (χ0) is 19.2.